The van der Waals surface area contributed by atoms with Crippen molar-refractivity contribution in [2.24, 2.45) is 0 Å². The Labute approximate surface area is 133 Å². The van der Waals surface area contributed by atoms with Gasteiger partial charge in [-0.3, -0.25) is 0 Å². The van der Waals surface area contributed by atoms with Gasteiger partial charge in [0, 0.05) is 0 Å². The number of rotatable bonds is 7. The van der Waals surface area contributed by atoms with Gasteiger partial charge in [-0.25, -0.2) is 0 Å². The van der Waals surface area contributed by atoms with Crippen LogP contribution >= 0.6 is 70.5 Å². The van der Waals surface area contributed by atoms with Gasteiger partial charge in [-0.05, 0) is 0 Å². The fourth-order valence-electron chi connectivity index (χ4n) is 1.24. The second-order valence-electron chi connectivity index (χ2n) is 3.74. The van der Waals surface area contributed by atoms with Crippen LogP contribution in [0.5, 0.6) is 0 Å². The van der Waals surface area contributed by atoms with E-state index in [4.69, 9.17) is 39.3 Å². The van der Waals surface area contributed by atoms with E-state index in [1.54, 1.807) is 0 Å². The predicted molar refractivity (Wildman–Crippen MR) is 83.1 cm³/mol. The first-order valence-corrected chi connectivity index (χ1v) is 12.4. The Hall–Kier alpha value is 2.14. The van der Waals surface area contributed by atoms with E-state index in [1.165, 1.54) is 0 Å². The molecule has 0 heterocycles. The van der Waals surface area contributed by atoms with E-state index in [2.05, 4.69) is 37.9 Å². The van der Waals surface area contributed by atoms with Gasteiger partial charge in [-0.15, -0.1) is 0 Å². The third-order valence-corrected chi connectivity index (χ3v) is 4.32. The molecular weight excluding hydrogens is 441 g/mol. The predicted octanol–water partition coefficient (Wildman–Crippen LogP) is 5.61. The molecule has 0 spiro atoms. The Balaban J connectivity index is 4.38. The van der Waals surface area contributed by atoms with E-state index in [0.717, 1.165) is 25.7 Å². The molecule has 0 saturated carbocycles. The van der Waals surface area contributed by atoms with E-state index < -0.39 is 14.6 Å². The van der Waals surface area contributed by atoms with E-state index in [0.29, 0.717) is 6.42 Å². The summed E-state index contributed by atoms with van der Waals surface area (Å²) >= 11 is 22.5. The molecule has 2 N–H and O–H groups in total. The molecule has 106 valence electrons. The van der Waals surface area contributed by atoms with Crippen LogP contribution in [0.4, 0.5) is 0 Å². The summed E-state index contributed by atoms with van der Waals surface area (Å²) in [5.74, 6) is 0. The third-order valence-electron chi connectivity index (χ3n) is 1.99. The monoisotopic (exact) mass is 454 g/mol. The average Bonchev–Trinajstić information content (AvgIpc) is 2.05. The molecule has 0 saturated heterocycles. The molecule has 0 aromatic heterocycles. The third kappa shape index (κ3) is 11.6. The van der Waals surface area contributed by atoms with Crippen molar-refractivity contribution in [3.63, 3.8) is 0 Å². The topological polar surface area (TPSA) is 49.7 Å². The van der Waals surface area contributed by atoms with E-state index in [-0.39, 0.29) is 0 Å². The molecule has 0 aromatic carbocycles. The van der Waals surface area contributed by atoms with Gasteiger partial charge in [-0.2, -0.15) is 0 Å². The molecule has 0 amide bonds. The van der Waals surface area contributed by atoms with Crippen LogP contribution < -0.4 is 0 Å². The van der Waals surface area contributed by atoms with Gasteiger partial charge in [0.15, 0.2) is 0 Å². The summed E-state index contributed by atoms with van der Waals surface area (Å²) in [7, 11) is 0. The summed E-state index contributed by atoms with van der Waals surface area (Å²) in [6.45, 7) is 2.09. The van der Waals surface area contributed by atoms with Crippen molar-refractivity contribution in [3.8, 4) is 0 Å². The fourth-order valence-corrected chi connectivity index (χ4v) is 3.78. The van der Waals surface area contributed by atoms with Gasteiger partial charge in [0.05, 0.1) is 0 Å². The first-order valence-electron chi connectivity index (χ1n) is 5.13. The van der Waals surface area contributed by atoms with Crippen LogP contribution in [0.25, 0.3) is 0 Å². The van der Waals surface area contributed by atoms with Crippen LogP contribution in [0, 0.1) is 0 Å². The zero-order chi connectivity index (χ0) is 13.8. The van der Waals surface area contributed by atoms with Gasteiger partial charge in [-0.1, -0.05) is 0 Å². The molecule has 0 fully saturated rings. The molecule has 1 unspecified atom stereocenters. The maximum atomic E-state index is 9.54. The van der Waals surface area contributed by atoms with Crippen molar-refractivity contribution in [1.82, 2.24) is 0 Å². The number of unbranched alkanes of at least 4 members (excludes halogenated alkanes) is 3. The molecule has 0 aliphatic carbocycles. The van der Waals surface area contributed by atoms with E-state index in [1.807, 2.05) is 0 Å². The summed E-state index contributed by atoms with van der Waals surface area (Å²) in [5, 5.41) is 0. The average molecular weight is 457 g/mol. The summed E-state index contributed by atoms with van der Waals surface area (Å²) in [4.78, 5) is 19.1. The number of halogens is 5. The Kier molecular flexibility index (Phi) is 8.15. The van der Waals surface area contributed by atoms with Crippen LogP contribution in [-0.4, -0.2) is 19.7 Å². The van der Waals surface area contributed by atoms with Crippen LogP contribution in [0.2, 0.25) is 0 Å². The first kappa shape index (κ1) is 19.1. The Bertz CT molecular complexity index is 233. The minimum absolute atomic E-state index is 0.437. The van der Waals surface area contributed by atoms with Gasteiger partial charge >= 0.3 is 134 Å². The van der Waals surface area contributed by atoms with Gasteiger partial charge in [0.1, 0.15) is 0 Å². The standard InChI is InChI=1S/C8H16Br2Cl3O3P/c1-2-3-4-5-6-7(8(11,12)13)16-17(9,10,14)15/h7,14-15H,2-6H2,1H3. The van der Waals surface area contributed by atoms with Crippen LogP contribution in [0.3, 0.4) is 0 Å². The molecule has 0 radical (unpaired) electrons. The molecule has 3 nitrogen and oxygen atoms in total. The molecule has 0 aliphatic rings. The normalized spacial score (nSPS) is 17.5. The van der Waals surface area contributed by atoms with E-state index >= 15 is 0 Å². The van der Waals surface area contributed by atoms with Crippen molar-refractivity contribution in [2.45, 2.75) is 48.9 Å². The van der Waals surface area contributed by atoms with Gasteiger partial charge in [0.25, 0.3) is 0 Å². The van der Waals surface area contributed by atoms with Crippen molar-refractivity contribution >= 4 is 70.5 Å². The maximum absolute atomic E-state index is 9.54. The van der Waals surface area contributed by atoms with Crippen molar-refractivity contribution in [3.05, 3.63) is 0 Å². The Morgan fingerprint density at radius 3 is 2.06 bits per heavy atom. The quantitative estimate of drug-likeness (QED) is 0.297. The number of hydrogen-bond donors (Lipinski definition) is 2. The Morgan fingerprint density at radius 1 is 1.18 bits per heavy atom. The molecule has 0 bridgehead atoms. The fraction of sp³-hybridized carbons (Fsp3) is 1.00. The van der Waals surface area contributed by atoms with Crippen LogP contribution in [0.1, 0.15) is 39.0 Å². The molecular formula is C8H16Br2Cl3O3P. The molecule has 17 heavy (non-hydrogen) atoms. The summed E-state index contributed by atoms with van der Waals surface area (Å²) in [6.07, 6.45) is 3.49. The second kappa shape index (κ2) is 7.24. The first-order chi connectivity index (χ1) is 7.42. The minimum atomic E-state index is -4.49. The SMILES string of the molecule is CCCCCCC(OP(O)(O)(Br)Br)C(Cl)(Cl)Cl. The van der Waals surface area contributed by atoms with Gasteiger partial charge < -0.3 is 0 Å². The molecule has 0 rings (SSSR count). The van der Waals surface area contributed by atoms with Gasteiger partial charge in [0.2, 0.25) is 0 Å². The zero-order valence-corrected chi connectivity index (χ0v) is 15.6. The molecule has 0 aliphatic heterocycles. The Morgan fingerprint density at radius 2 is 1.71 bits per heavy atom. The van der Waals surface area contributed by atoms with Crippen molar-refractivity contribution in [1.29, 1.82) is 0 Å². The zero-order valence-electron chi connectivity index (χ0n) is 9.25. The van der Waals surface area contributed by atoms with Crippen LogP contribution in [-0.2, 0) is 4.52 Å². The summed E-state index contributed by atoms with van der Waals surface area (Å²) in [5.41, 5.74) is 0. The van der Waals surface area contributed by atoms with Crippen molar-refractivity contribution < 1.29 is 14.3 Å². The van der Waals surface area contributed by atoms with Crippen LogP contribution in [0.15, 0.2) is 0 Å². The van der Waals surface area contributed by atoms with Crippen molar-refractivity contribution in [2.75, 3.05) is 0 Å². The second-order valence-corrected chi connectivity index (χ2v) is 18.4. The molecule has 1 atom stereocenters. The molecule has 9 heteroatoms. The number of hydrogen-bond acceptors (Lipinski definition) is 3. The molecule has 0 aromatic rings. The summed E-state index contributed by atoms with van der Waals surface area (Å²) in [6, 6.07) is 0. The summed E-state index contributed by atoms with van der Waals surface area (Å²) < 4.78 is -1.15. The van der Waals surface area contributed by atoms with E-state index in [9.17, 15) is 9.79 Å². The number of alkyl halides is 3.